The molecule has 8 heteroatoms. The number of halogens is 3. The molecule has 0 aliphatic carbocycles. The zero-order valence-electron chi connectivity index (χ0n) is 12.3. The van der Waals surface area contributed by atoms with Crippen molar-refractivity contribution in [2.24, 2.45) is 0 Å². The Labute approximate surface area is 154 Å². The second kappa shape index (κ2) is 6.42. The lowest BCUT2D eigenvalue weighted by Crippen LogP contribution is -1.96. The molecule has 0 spiro atoms. The van der Waals surface area contributed by atoms with Crippen LogP contribution in [0.15, 0.2) is 61.2 Å². The molecule has 1 aromatic carbocycles. The summed E-state index contributed by atoms with van der Waals surface area (Å²) in [5.74, 6) is -0.573. The van der Waals surface area contributed by atoms with Gasteiger partial charge in [-0.05, 0) is 61.7 Å². The van der Waals surface area contributed by atoms with Crippen LogP contribution in [0.25, 0.3) is 22.3 Å². The van der Waals surface area contributed by atoms with Gasteiger partial charge in [0, 0.05) is 29.1 Å². The largest absolute Gasteiger partial charge is 0.441 e. The van der Waals surface area contributed by atoms with Crippen LogP contribution in [-0.4, -0.2) is 19.7 Å². The Morgan fingerprint density at radius 3 is 2.00 bits per heavy atom. The molecule has 2 heterocycles. The minimum Gasteiger partial charge on any atom is -0.441 e. The Kier molecular flexibility index (Phi) is 4.63. The zero-order chi connectivity index (χ0) is 17.5. The van der Waals surface area contributed by atoms with Crippen LogP contribution in [0.1, 0.15) is 0 Å². The van der Waals surface area contributed by atoms with Gasteiger partial charge >= 0.3 is 0 Å². The van der Waals surface area contributed by atoms with Crippen LogP contribution >= 0.6 is 31.9 Å². The van der Waals surface area contributed by atoms with Crippen molar-refractivity contribution in [2.45, 2.75) is 4.90 Å². The topological polar surface area (TPSA) is 60.2 Å². The van der Waals surface area contributed by atoms with Gasteiger partial charge in [-0.1, -0.05) is 12.1 Å². The van der Waals surface area contributed by atoms with Crippen molar-refractivity contribution < 1.29 is 17.2 Å². The molecule has 3 aromatic rings. The summed E-state index contributed by atoms with van der Waals surface area (Å²) >= 11 is 6.72. The first-order valence-corrected chi connectivity index (χ1v) is 10.2. The number of furan rings is 1. The van der Waals surface area contributed by atoms with Crippen molar-refractivity contribution in [3.63, 3.8) is 0 Å². The van der Waals surface area contributed by atoms with Gasteiger partial charge in [0.25, 0.3) is 0 Å². The van der Waals surface area contributed by atoms with Crippen LogP contribution in [0.3, 0.4) is 0 Å². The van der Waals surface area contributed by atoms with E-state index in [0.717, 1.165) is 17.4 Å². The summed E-state index contributed by atoms with van der Waals surface area (Å²) < 4.78 is 42.8. The highest BCUT2D eigenvalue weighted by molar-refractivity contribution is 9.11. The maximum atomic E-state index is 13.1. The van der Waals surface area contributed by atoms with E-state index < -0.39 is 15.8 Å². The zero-order valence-corrected chi connectivity index (χ0v) is 16.2. The van der Waals surface area contributed by atoms with E-state index in [4.69, 9.17) is 4.42 Å². The number of sulfone groups is 1. The Balaban J connectivity index is 2.17. The number of rotatable bonds is 3. The molecule has 0 aliphatic rings. The normalized spacial score (nSPS) is 11.7. The Morgan fingerprint density at radius 2 is 1.50 bits per heavy atom. The van der Waals surface area contributed by atoms with E-state index in [-0.39, 0.29) is 4.90 Å². The lowest BCUT2D eigenvalue weighted by Gasteiger charge is -2.06. The monoisotopic (exact) mass is 473 g/mol. The molecule has 0 saturated carbocycles. The summed E-state index contributed by atoms with van der Waals surface area (Å²) in [5.41, 5.74) is 2.83. The highest BCUT2D eigenvalue weighted by Gasteiger charge is 2.21. The SMILES string of the molecule is CS(=O)(=O)c1ccc(-c2c(Br)oc(Br)c2-c2ccc(F)nc2)cc1. The number of hydrogen-bond donors (Lipinski definition) is 0. The summed E-state index contributed by atoms with van der Waals surface area (Å²) in [4.78, 5) is 3.89. The quantitative estimate of drug-likeness (QED) is 0.497. The summed E-state index contributed by atoms with van der Waals surface area (Å²) in [6, 6.07) is 9.31. The van der Waals surface area contributed by atoms with Crippen LogP contribution in [0, 0.1) is 5.95 Å². The van der Waals surface area contributed by atoms with E-state index in [9.17, 15) is 12.8 Å². The molecule has 0 radical (unpaired) electrons. The molecule has 0 amide bonds. The lowest BCUT2D eigenvalue weighted by atomic mass is 10.0. The van der Waals surface area contributed by atoms with Crippen molar-refractivity contribution in [1.82, 2.24) is 4.98 Å². The maximum Gasteiger partial charge on any atom is 0.212 e. The van der Waals surface area contributed by atoms with Gasteiger partial charge in [-0.15, -0.1) is 0 Å². The second-order valence-corrected chi connectivity index (χ2v) is 8.52. The number of benzene rings is 1. The van der Waals surface area contributed by atoms with Crippen molar-refractivity contribution in [3.05, 3.63) is 57.9 Å². The smallest absolute Gasteiger partial charge is 0.212 e. The van der Waals surface area contributed by atoms with Gasteiger partial charge in [-0.25, -0.2) is 13.4 Å². The van der Waals surface area contributed by atoms with Crippen LogP contribution in [-0.2, 0) is 9.84 Å². The average Bonchev–Trinajstić information content (AvgIpc) is 2.82. The van der Waals surface area contributed by atoms with Gasteiger partial charge in [0.1, 0.15) is 0 Å². The van der Waals surface area contributed by atoms with E-state index in [0.29, 0.717) is 20.5 Å². The number of aromatic nitrogens is 1. The van der Waals surface area contributed by atoms with Crippen LogP contribution in [0.4, 0.5) is 4.39 Å². The second-order valence-electron chi connectivity index (χ2n) is 5.07. The van der Waals surface area contributed by atoms with Gasteiger partial charge in [-0.3, -0.25) is 0 Å². The van der Waals surface area contributed by atoms with E-state index >= 15 is 0 Å². The molecule has 3 rings (SSSR count). The third kappa shape index (κ3) is 3.31. The average molecular weight is 475 g/mol. The highest BCUT2D eigenvalue weighted by Crippen LogP contribution is 2.44. The molecular weight excluding hydrogens is 465 g/mol. The number of pyridine rings is 1. The fourth-order valence-corrected chi connectivity index (χ4v) is 4.31. The molecule has 2 aromatic heterocycles. The standard InChI is InChI=1S/C16H10Br2FNO3S/c1-24(21,22)11-5-2-9(3-6-11)13-14(16(18)23-15(13)17)10-4-7-12(19)20-8-10/h2-8H,1H3. The van der Waals surface area contributed by atoms with Crippen LogP contribution in [0.2, 0.25) is 0 Å². The molecule has 124 valence electrons. The van der Waals surface area contributed by atoms with Crippen molar-refractivity contribution in [1.29, 1.82) is 0 Å². The molecule has 0 aliphatic heterocycles. The molecule has 24 heavy (non-hydrogen) atoms. The molecular formula is C16H10Br2FNO3S. The number of hydrogen-bond acceptors (Lipinski definition) is 4. The van der Waals surface area contributed by atoms with Gasteiger partial charge < -0.3 is 4.42 Å². The van der Waals surface area contributed by atoms with E-state index in [2.05, 4.69) is 36.8 Å². The first kappa shape index (κ1) is 17.3. The lowest BCUT2D eigenvalue weighted by molar-refractivity contribution is 0.518. The molecule has 0 unspecified atom stereocenters. The minimum absolute atomic E-state index is 0.231. The van der Waals surface area contributed by atoms with Crippen LogP contribution < -0.4 is 0 Å². The molecule has 0 bridgehead atoms. The summed E-state index contributed by atoms with van der Waals surface area (Å²) in [6.45, 7) is 0. The Hall–Kier alpha value is -1.51. The van der Waals surface area contributed by atoms with Gasteiger partial charge in [0.15, 0.2) is 19.2 Å². The third-order valence-electron chi connectivity index (χ3n) is 3.41. The maximum absolute atomic E-state index is 13.1. The van der Waals surface area contributed by atoms with Crippen molar-refractivity contribution >= 4 is 41.7 Å². The predicted octanol–water partition coefficient (Wildman–Crippen LogP) is 5.08. The Morgan fingerprint density at radius 1 is 0.958 bits per heavy atom. The first-order chi connectivity index (χ1) is 11.3. The molecule has 0 fully saturated rings. The van der Waals surface area contributed by atoms with E-state index in [1.54, 1.807) is 18.2 Å². The van der Waals surface area contributed by atoms with E-state index in [1.807, 2.05) is 0 Å². The first-order valence-electron chi connectivity index (χ1n) is 6.67. The third-order valence-corrected chi connectivity index (χ3v) is 5.65. The van der Waals surface area contributed by atoms with E-state index in [1.165, 1.54) is 24.4 Å². The molecule has 0 saturated heterocycles. The summed E-state index contributed by atoms with van der Waals surface area (Å²) in [5, 5.41) is 0. The molecule has 4 nitrogen and oxygen atoms in total. The van der Waals surface area contributed by atoms with Gasteiger partial charge in [0.2, 0.25) is 5.95 Å². The molecule has 0 N–H and O–H groups in total. The fraction of sp³-hybridized carbons (Fsp3) is 0.0625. The van der Waals surface area contributed by atoms with Crippen molar-refractivity contribution in [3.8, 4) is 22.3 Å². The minimum atomic E-state index is -3.27. The highest BCUT2D eigenvalue weighted by atomic mass is 79.9. The predicted molar refractivity (Wildman–Crippen MR) is 95.8 cm³/mol. The summed E-state index contributed by atoms with van der Waals surface area (Å²) in [6.07, 6.45) is 2.56. The Bertz CT molecular complexity index is 997. The van der Waals surface area contributed by atoms with Crippen molar-refractivity contribution in [2.75, 3.05) is 6.26 Å². The van der Waals surface area contributed by atoms with Gasteiger partial charge in [0.05, 0.1) is 4.90 Å². The van der Waals surface area contributed by atoms with Crippen LogP contribution in [0.5, 0.6) is 0 Å². The summed E-state index contributed by atoms with van der Waals surface area (Å²) in [7, 11) is -3.27. The van der Waals surface area contributed by atoms with Gasteiger partial charge in [-0.2, -0.15) is 4.39 Å². The molecule has 0 atom stereocenters. The fourth-order valence-electron chi connectivity index (χ4n) is 2.29. The number of nitrogens with zero attached hydrogens (tertiary/aromatic N) is 1.